The molecular formula is C27H28N8. The normalized spacial score (nSPS) is 20.2. The Hall–Kier alpha value is -3.75. The smallest absolute Gasteiger partial charge is 0.123 e. The lowest BCUT2D eigenvalue weighted by Gasteiger charge is -2.10. The lowest BCUT2D eigenvalue weighted by Crippen LogP contribution is -2.14. The summed E-state index contributed by atoms with van der Waals surface area (Å²) in [6, 6.07) is 13.4. The van der Waals surface area contributed by atoms with E-state index in [0.717, 1.165) is 77.0 Å². The van der Waals surface area contributed by atoms with E-state index in [-0.39, 0.29) is 0 Å². The maximum Gasteiger partial charge on any atom is 0.123 e. The molecule has 1 aromatic carbocycles. The monoisotopic (exact) mass is 464 g/mol. The number of rotatable bonds is 5. The summed E-state index contributed by atoms with van der Waals surface area (Å²) in [4.78, 5) is 21.1. The molecule has 5 aromatic rings. The molecule has 2 atom stereocenters. The van der Waals surface area contributed by atoms with Crippen molar-refractivity contribution in [2.24, 2.45) is 0 Å². The van der Waals surface area contributed by atoms with Crippen molar-refractivity contribution in [3.05, 3.63) is 72.8 Å². The van der Waals surface area contributed by atoms with Crippen LogP contribution in [0.5, 0.6) is 0 Å². The largest absolute Gasteiger partial charge is 0.341 e. The van der Waals surface area contributed by atoms with Gasteiger partial charge in [0.05, 0.1) is 53.3 Å². The molecule has 35 heavy (non-hydrogen) atoms. The van der Waals surface area contributed by atoms with Gasteiger partial charge in [-0.25, -0.2) is 9.97 Å². The number of hydrogen-bond acceptors (Lipinski definition) is 5. The third-order valence-electron chi connectivity index (χ3n) is 7.29. The Labute approximate surface area is 203 Å². The van der Waals surface area contributed by atoms with Crippen LogP contribution in [0.15, 0.2) is 61.2 Å². The van der Waals surface area contributed by atoms with Crippen molar-refractivity contribution in [2.45, 2.75) is 37.8 Å². The van der Waals surface area contributed by atoms with E-state index in [4.69, 9.17) is 4.98 Å². The zero-order valence-electron chi connectivity index (χ0n) is 19.5. The lowest BCUT2D eigenvalue weighted by atomic mass is 10.1. The number of imidazole rings is 2. The number of fused-ring (bicyclic) bond motifs is 1. The van der Waals surface area contributed by atoms with Crippen LogP contribution in [0.3, 0.4) is 0 Å². The number of nitrogens with zero attached hydrogens (tertiary/aromatic N) is 4. The fraction of sp³-hybridized carbons (Fsp3) is 0.296. The summed E-state index contributed by atoms with van der Waals surface area (Å²) in [5.41, 5.74) is 7.27. The second-order valence-corrected chi connectivity index (χ2v) is 9.49. The first-order chi connectivity index (χ1) is 17.3. The second-order valence-electron chi connectivity index (χ2n) is 9.49. The molecule has 7 rings (SSSR count). The minimum Gasteiger partial charge on any atom is -0.341 e. The fourth-order valence-electron chi connectivity index (χ4n) is 5.41. The van der Waals surface area contributed by atoms with Crippen molar-refractivity contribution in [1.82, 2.24) is 40.0 Å². The van der Waals surface area contributed by atoms with Crippen LogP contribution in [0.25, 0.3) is 39.4 Å². The van der Waals surface area contributed by atoms with Gasteiger partial charge in [0, 0.05) is 11.8 Å². The molecule has 0 saturated carbocycles. The Balaban J connectivity index is 1.18. The third kappa shape index (κ3) is 3.66. The Morgan fingerprint density at radius 2 is 1.37 bits per heavy atom. The van der Waals surface area contributed by atoms with Gasteiger partial charge in [0.15, 0.2) is 0 Å². The summed E-state index contributed by atoms with van der Waals surface area (Å²) in [7, 11) is 0. The molecule has 0 aliphatic carbocycles. The first-order valence-corrected chi connectivity index (χ1v) is 12.5. The number of benzene rings is 1. The Morgan fingerprint density at radius 3 is 2.06 bits per heavy atom. The number of nitrogens with one attached hydrogen (secondary N) is 4. The molecule has 8 nitrogen and oxygen atoms in total. The average molecular weight is 465 g/mol. The van der Waals surface area contributed by atoms with E-state index >= 15 is 0 Å². The van der Waals surface area contributed by atoms with Crippen LogP contribution in [0.4, 0.5) is 0 Å². The van der Waals surface area contributed by atoms with Gasteiger partial charge < -0.3 is 25.0 Å². The van der Waals surface area contributed by atoms with Gasteiger partial charge in [0.25, 0.3) is 0 Å². The van der Waals surface area contributed by atoms with Gasteiger partial charge in [-0.05, 0) is 56.5 Å². The van der Waals surface area contributed by atoms with Crippen LogP contribution in [0.1, 0.15) is 49.4 Å². The third-order valence-corrected chi connectivity index (χ3v) is 7.29. The van der Waals surface area contributed by atoms with E-state index in [1.807, 2.05) is 18.6 Å². The van der Waals surface area contributed by atoms with Gasteiger partial charge in [0.1, 0.15) is 17.3 Å². The molecule has 0 spiro atoms. The van der Waals surface area contributed by atoms with E-state index in [2.05, 4.69) is 77.6 Å². The van der Waals surface area contributed by atoms with E-state index < -0.39 is 0 Å². The van der Waals surface area contributed by atoms with Crippen molar-refractivity contribution in [3.8, 4) is 33.9 Å². The summed E-state index contributed by atoms with van der Waals surface area (Å²) >= 11 is 0. The molecule has 4 N–H and O–H groups in total. The zero-order chi connectivity index (χ0) is 23.2. The highest BCUT2D eigenvalue weighted by atomic mass is 15.1. The number of H-pyrrole nitrogens is 2. The molecule has 2 fully saturated rings. The van der Waals surface area contributed by atoms with Crippen LogP contribution < -0.4 is 10.6 Å². The molecule has 0 bridgehead atoms. The summed E-state index contributed by atoms with van der Waals surface area (Å²) in [5.74, 6) is 2.02. The van der Waals surface area contributed by atoms with Crippen LogP contribution >= 0.6 is 0 Å². The van der Waals surface area contributed by atoms with Gasteiger partial charge >= 0.3 is 0 Å². The van der Waals surface area contributed by atoms with Gasteiger partial charge in [-0.1, -0.05) is 24.3 Å². The van der Waals surface area contributed by atoms with Crippen LogP contribution in [-0.2, 0) is 0 Å². The maximum absolute atomic E-state index is 4.86. The molecule has 2 aliphatic rings. The minimum absolute atomic E-state index is 0.310. The SMILES string of the molecule is c1cc2c(-c3cnc([C@@H]4CCCN4)[nH]3)ncc(-c3ccc(-c4cnc([C@@H]5CCCN5)[nH]4)cc3)n2c1. The highest BCUT2D eigenvalue weighted by Gasteiger charge is 2.21. The lowest BCUT2D eigenvalue weighted by molar-refractivity contribution is 0.613. The van der Waals surface area contributed by atoms with Crippen molar-refractivity contribution >= 4 is 5.52 Å². The van der Waals surface area contributed by atoms with Crippen molar-refractivity contribution in [2.75, 3.05) is 13.1 Å². The van der Waals surface area contributed by atoms with Gasteiger partial charge in [-0.2, -0.15) is 0 Å². The predicted molar refractivity (Wildman–Crippen MR) is 136 cm³/mol. The molecule has 0 unspecified atom stereocenters. The van der Waals surface area contributed by atoms with Gasteiger partial charge in [-0.3, -0.25) is 4.98 Å². The Morgan fingerprint density at radius 1 is 0.714 bits per heavy atom. The molecule has 2 aliphatic heterocycles. The number of aromatic amines is 2. The zero-order valence-corrected chi connectivity index (χ0v) is 19.5. The van der Waals surface area contributed by atoms with E-state index in [1.165, 1.54) is 12.8 Å². The maximum atomic E-state index is 4.86. The van der Waals surface area contributed by atoms with Crippen molar-refractivity contribution in [1.29, 1.82) is 0 Å². The highest BCUT2D eigenvalue weighted by molar-refractivity contribution is 5.78. The summed E-state index contributed by atoms with van der Waals surface area (Å²) < 4.78 is 2.20. The minimum atomic E-state index is 0.310. The summed E-state index contributed by atoms with van der Waals surface area (Å²) in [6.07, 6.45) is 12.5. The summed E-state index contributed by atoms with van der Waals surface area (Å²) in [5, 5.41) is 7.01. The predicted octanol–water partition coefficient (Wildman–Crippen LogP) is 4.63. The molecule has 4 aromatic heterocycles. The average Bonchev–Trinajstić information content (AvgIpc) is 3.72. The first kappa shape index (κ1) is 20.6. The molecule has 0 amide bonds. The van der Waals surface area contributed by atoms with Crippen molar-refractivity contribution in [3.63, 3.8) is 0 Å². The number of aromatic nitrogens is 6. The van der Waals surface area contributed by atoms with Crippen molar-refractivity contribution < 1.29 is 0 Å². The Bertz CT molecular complexity index is 1460. The molecule has 176 valence electrons. The van der Waals surface area contributed by atoms with E-state index in [1.54, 1.807) is 0 Å². The Kier molecular flexibility index (Phi) is 4.99. The first-order valence-electron chi connectivity index (χ1n) is 12.5. The van der Waals surface area contributed by atoms with Gasteiger partial charge in [-0.15, -0.1) is 0 Å². The fourth-order valence-corrected chi connectivity index (χ4v) is 5.41. The molecular weight excluding hydrogens is 436 g/mol. The van der Waals surface area contributed by atoms with E-state index in [0.29, 0.717) is 12.1 Å². The van der Waals surface area contributed by atoms with E-state index in [9.17, 15) is 0 Å². The quantitative estimate of drug-likeness (QED) is 0.304. The topological polar surface area (TPSA) is 98.7 Å². The van der Waals surface area contributed by atoms with Crippen LogP contribution in [-0.4, -0.2) is 42.4 Å². The number of hydrogen-bond donors (Lipinski definition) is 4. The van der Waals surface area contributed by atoms with Gasteiger partial charge in [0.2, 0.25) is 0 Å². The second kappa shape index (κ2) is 8.48. The van der Waals surface area contributed by atoms with Crippen LogP contribution in [0.2, 0.25) is 0 Å². The standard InChI is InChI=1S/C27H28N8/c1-4-19(28-11-1)26-31-14-21(33-26)17-7-9-18(10-8-17)24-16-30-25(23-6-3-13-35(23)24)22-15-32-27(34-22)20-5-2-12-29-20/h3,6-10,13-16,19-20,28-29H,1-2,4-5,11-12H2,(H,31,33)(H,32,34)/t19-,20-/m0/s1. The molecule has 8 heteroatoms. The summed E-state index contributed by atoms with van der Waals surface area (Å²) in [6.45, 7) is 2.12. The molecule has 0 radical (unpaired) electrons. The molecule has 2 saturated heterocycles. The molecule has 6 heterocycles. The highest BCUT2D eigenvalue weighted by Crippen LogP contribution is 2.30. The van der Waals surface area contributed by atoms with Crippen LogP contribution in [0, 0.1) is 0 Å².